The fraction of sp³-hybridized carbons (Fsp3) is 1.00. The van der Waals surface area contributed by atoms with E-state index in [1.165, 1.54) is 32.1 Å². The van der Waals surface area contributed by atoms with Crippen LogP contribution >= 0.6 is 0 Å². The van der Waals surface area contributed by atoms with Crippen LogP contribution in [-0.4, -0.2) is 6.04 Å². The van der Waals surface area contributed by atoms with Crippen LogP contribution < -0.4 is 5.73 Å². The van der Waals surface area contributed by atoms with Crippen LogP contribution in [0.25, 0.3) is 0 Å². The lowest BCUT2D eigenvalue weighted by atomic mass is 9.81. The highest BCUT2D eigenvalue weighted by atomic mass is 14.6. The second-order valence-corrected chi connectivity index (χ2v) is 4.42. The maximum atomic E-state index is 5.90. The maximum absolute atomic E-state index is 5.90. The van der Waals surface area contributed by atoms with E-state index in [2.05, 4.69) is 13.8 Å². The topological polar surface area (TPSA) is 26.0 Å². The van der Waals surface area contributed by atoms with Gasteiger partial charge < -0.3 is 5.73 Å². The third kappa shape index (κ3) is 3.24. The number of hydrogen-bond acceptors (Lipinski definition) is 1. The normalized spacial score (nSPS) is 32.7. The van der Waals surface area contributed by atoms with Crippen LogP contribution in [0, 0.1) is 11.8 Å². The summed E-state index contributed by atoms with van der Waals surface area (Å²) >= 11 is 0. The van der Waals surface area contributed by atoms with Gasteiger partial charge in [0.1, 0.15) is 0 Å². The summed E-state index contributed by atoms with van der Waals surface area (Å²) in [6.07, 6.45) is 6.70. The molecule has 2 atom stereocenters. The molecule has 0 unspecified atom stereocenters. The van der Waals surface area contributed by atoms with Crippen LogP contribution in [0.15, 0.2) is 0 Å². The molecule has 1 nitrogen and oxygen atoms in total. The highest BCUT2D eigenvalue weighted by molar-refractivity contribution is 4.75. The predicted octanol–water partition coefficient (Wildman–Crippen LogP) is 2.55. The third-order valence-electron chi connectivity index (χ3n) is 2.63. The maximum Gasteiger partial charge on any atom is 0.00414 e. The molecule has 1 aliphatic rings. The predicted molar refractivity (Wildman–Crippen MR) is 49.4 cm³/mol. The van der Waals surface area contributed by atoms with Gasteiger partial charge in [-0.15, -0.1) is 0 Å². The molecule has 0 aromatic heterocycles. The van der Waals surface area contributed by atoms with Crippen LogP contribution in [0.3, 0.4) is 0 Å². The van der Waals surface area contributed by atoms with Crippen molar-refractivity contribution in [3.8, 4) is 0 Å². The van der Waals surface area contributed by atoms with E-state index in [0.717, 1.165) is 11.8 Å². The van der Waals surface area contributed by atoms with Crippen molar-refractivity contribution in [3.05, 3.63) is 0 Å². The number of rotatable bonds is 2. The lowest BCUT2D eigenvalue weighted by Crippen LogP contribution is -2.28. The molecule has 66 valence electrons. The van der Waals surface area contributed by atoms with Crippen molar-refractivity contribution in [1.29, 1.82) is 0 Å². The van der Waals surface area contributed by atoms with Gasteiger partial charge in [-0.2, -0.15) is 0 Å². The molecule has 0 amide bonds. The largest absolute Gasteiger partial charge is 0.328 e. The van der Waals surface area contributed by atoms with Crippen molar-refractivity contribution in [2.24, 2.45) is 17.6 Å². The first-order valence-electron chi connectivity index (χ1n) is 4.94. The van der Waals surface area contributed by atoms with Gasteiger partial charge in [-0.25, -0.2) is 0 Å². The first-order chi connectivity index (χ1) is 5.18. The standard InChI is InChI=1S/C10H21N/c1-8(2)6-9-4-3-5-10(11)7-9/h8-10H,3-7,11H2,1-2H3/t9-,10-/m0/s1. The van der Waals surface area contributed by atoms with Gasteiger partial charge in [0, 0.05) is 6.04 Å². The first kappa shape index (κ1) is 9.05. The van der Waals surface area contributed by atoms with Gasteiger partial charge >= 0.3 is 0 Å². The van der Waals surface area contributed by atoms with Gasteiger partial charge in [-0.3, -0.25) is 0 Å². The summed E-state index contributed by atoms with van der Waals surface area (Å²) < 4.78 is 0. The summed E-state index contributed by atoms with van der Waals surface area (Å²) in [7, 11) is 0. The fourth-order valence-corrected chi connectivity index (χ4v) is 2.21. The monoisotopic (exact) mass is 155 g/mol. The summed E-state index contributed by atoms with van der Waals surface area (Å²) in [5, 5.41) is 0. The Morgan fingerprint density at radius 2 is 2.09 bits per heavy atom. The molecule has 0 aliphatic heterocycles. The minimum atomic E-state index is 0.507. The van der Waals surface area contributed by atoms with Crippen molar-refractivity contribution in [2.75, 3.05) is 0 Å². The molecule has 1 aliphatic carbocycles. The molecular formula is C10H21N. The lowest BCUT2D eigenvalue weighted by Gasteiger charge is -2.27. The van der Waals surface area contributed by atoms with E-state index in [1.807, 2.05) is 0 Å². The van der Waals surface area contributed by atoms with E-state index in [9.17, 15) is 0 Å². The molecule has 0 bridgehead atoms. The fourth-order valence-electron chi connectivity index (χ4n) is 2.21. The lowest BCUT2D eigenvalue weighted by molar-refractivity contribution is 0.280. The van der Waals surface area contributed by atoms with Crippen molar-refractivity contribution in [1.82, 2.24) is 0 Å². The Morgan fingerprint density at radius 3 is 2.64 bits per heavy atom. The van der Waals surface area contributed by atoms with Crippen molar-refractivity contribution < 1.29 is 0 Å². The molecule has 0 aromatic carbocycles. The summed E-state index contributed by atoms with van der Waals surface area (Å²) in [5.74, 6) is 1.78. The average Bonchev–Trinajstić information content (AvgIpc) is 1.85. The SMILES string of the molecule is CC(C)C[C@@H]1CCC[C@H](N)C1. The Morgan fingerprint density at radius 1 is 1.36 bits per heavy atom. The molecule has 0 aromatic rings. The Bertz CT molecular complexity index is 107. The van der Waals surface area contributed by atoms with Crippen LogP contribution in [-0.2, 0) is 0 Å². The van der Waals surface area contributed by atoms with Gasteiger partial charge in [0.25, 0.3) is 0 Å². The highest BCUT2D eigenvalue weighted by Gasteiger charge is 2.19. The van der Waals surface area contributed by atoms with Crippen molar-refractivity contribution >= 4 is 0 Å². The van der Waals surface area contributed by atoms with Crippen LogP contribution in [0.5, 0.6) is 0 Å². The minimum Gasteiger partial charge on any atom is -0.328 e. The van der Waals surface area contributed by atoms with E-state index >= 15 is 0 Å². The van der Waals surface area contributed by atoms with Gasteiger partial charge in [0.15, 0.2) is 0 Å². The van der Waals surface area contributed by atoms with E-state index in [0.29, 0.717) is 6.04 Å². The molecule has 1 saturated carbocycles. The second-order valence-electron chi connectivity index (χ2n) is 4.42. The quantitative estimate of drug-likeness (QED) is 0.651. The van der Waals surface area contributed by atoms with Gasteiger partial charge in [0.05, 0.1) is 0 Å². The minimum absolute atomic E-state index is 0.507. The molecule has 2 N–H and O–H groups in total. The third-order valence-corrected chi connectivity index (χ3v) is 2.63. The Balaban J connectivity index is 2.23. The second kappa shape index (κ2) is 4.10. The smallest absolute Gasteiger partial charge is 0.00414 e. The van der Waals surface area contributed by atoms with Gasteiger partial charge in [-0.05, 0) is 31.1 Å². The zero-order chi connectivity index (χ0) is 8.27. The molecule has 0 heterocycles. The van der Waals surface area contributed by atoms with Crippen molar-refractivity contribution in [2.45, 2.75) is 52.0 Å². The Labute approximate surface area is 70.4 Å². The molecule has 0 saturated heterocycles. The van der Waals surface area contributed by atoms with Crippen molar-refractivity contribution in [3.63, 3.8) is 0 Å². The number of hydrogen-bond donors (Lipinski definition) is 1. The summed E-state index contributed by atoms with van der Waals surface area (Å²) in [6, 6.07) is 0.507. The Kier molecular flexibility index (Phi) is 3.38. The zero-order valence-corrected chi connectivity index (χ0v) is 7.84. The zero-order valence-electron chi connectivity index (χ0n) is 7.84. The van der Waals surface area contributed by atoms with Gasteiger partial charge in [-0.1, -0.05) is 26.7 Å². The van der Waals surface area contributed by atoms with E-state index in [1.54, 1.807) is 0 Å². The van der Waals surface area contributed by atoms with Crippen LogP contribution in [0.2, 0.25) is 0 Å². The summed E-state index contributed by atoms with van der Waals surface area (Å²) in [4.78, 5) is 0. The molecule has 11 heavy (non-hydrogen) atoms. The van der Waals surface area contributed by atoms with Crippen LogP contribution in [0.4, 0.5) is 0 Å². The molecule has 1 rings (SSSR count). The highest BCUT2D eigenvalue weighted by Crippen LogP contribution is 2.28. The molecule has 0 radical (unpaired) electrons. The summed E-state index contributed by atoms with van der Waals surface area (Å²) in [5.41, 5.74) is 5.90. The molecule has 1 heteroatoms. The average molecular weight is 155 g/mol. The summed E-state index contributed by atoms with van der Waals surface area (Å²) in [6.45, 7) is 4.61. The molecular weight excluding hydrogens is 134 g/mol. The Hall–Kier alpha value is -0.0400. The van der Waals surface area contributed by atoms with E-state index in [4.69, 9.17) is 5.73 Å². The van der Waals surface area contributed by atoms with Gasteiger partial charge in [0.2, 0.25) is 0 Å². The molecule has 1 fully saturated rings. The van der Waals surface area contributed by atoms with E-state index < -0.39 is 0 Å². The van der Waals surface area contributed by atoms with Crippen LogP contribution in [0.1, 0.15) is 46.0 Å². The molecule has 0 spiro atoms. The first-order valence-corrected chi connectivity index (χ1v) is 4.94. The number of nitrogens with two attached hydrogens (primary N) is 1. The van der Waals surface area contributed by atoms with E-state index in [-0.39, 0.29) is 0 Å².